The Bertz CT molecular complexity index is 1140. The Hall–Kier alpha value is -3.61. The summed E-state index contributed by atoms with van der Waals surface area (Å²) in [6, 6.07) is 8.29. The molecule has 2 N–H and O–H groups in total. The van der Waals surface area contributed by atoms with Gasteiger partial charge in [0.1, 0.15) is 18.4 Å². The summed E-state index contributed by atoms with van der Waals surface area (Å²) in [5, 5.41) is 5.95. The van der Waals surface area contributed by atoms with Gasteiger partial charge in [-0.3, -0.25) is 0 Å². The summed E-state index contributed by atoms with van der Waals surface area (Å²) in [5.74, 6) is -1.94. The number of amides is 3. The van der Waals surface area contributed by atoms with Crippen molar-refractivity contribution in [3.63, 3.8) is 0 Å². The van der Waals surface area contributed by atoms with Gasteiger partial charge in [-0.05, 0) is 42.7 Å². The predicted octanol–water partition coefficient (Wildman–Crippen LogP) is 4.37. The van der Waals surface area contributed by atoms with E-state index in [-0.39, 0.29) is 30.5 Å². The topological polar surface area (TPSA) is 83.1 Å². The molecule has 0 radical (unpaired) electrons. The molecule has 2 aliphatic rings. The molecule has 0 bridgehead atoms. The number of rotatable bonds is 8. The van der Waals surface area contributed by atoms with E-state index in [4.69, 9.17) is 9.47 Å². The number of anilines is 1. The van der Waals surface area contributed by atoms with Gasteiger partial charge in [0, 0.05) is 32.2 Å². The second-order valence-corrected chi connectivity index (χ2v) is 8.96. The number of halogens is 5. The summed E-state index contributed by atoms with van der Waals surface area (Å²) in [7, 11) is 0. The number of para-hydroxylation sites is 2. The number of carbonyl (C=O) groups is 2. The molecule has 0 aliphatic carbocycles. The number of cyclic esters (lactones) is 1. The molecule has 206 valence electrons. The van der Waals surface area contributed by atoms with Gasteiger partial charge in [0.05, 0.1) is 5.69 Å². The zero-order valence-corrected chi connectivity index (χ0v) is 20.3. The Morgan fingerprint density at radius 1 is 1.05 bits per heavy atom. The molecule has 0 saturated carbocycles. The highest BCUT2D eigenvalue weighted by Crippen LogP contribution is 2.32. The number of piperidine rings is 1. The number of carbonyl (C=O) groups excluding carboxylic acids is 2. The molecule has 2 saturated heterocycles. The molecule has 13 heteroatoms. The first-order chi connectivity index (χ1) is 18.1. The van der Waals surface area contributed by atoms with Crippen molar-refractivity contribution in [2.24, 2.45) is 0 Å². The van der Waals surface area contributed by atoms with E-state index in [0.717, 1.165) is 29.9 Å². The Labute approximate surface area is 215 Å². The number of ether oxygens (including phenoxy) is 2. The third-order valence-corrected chi connectivity index (χ3v) is 6.35. The van der Waals surface area contributed by atoms with Crippen LogP contribution in [0.25, 0.3) is 0 Å². The molecule has 2 heterocycles. The lowest BCUT2D eigenvalue weighted by molar-refractivity contribution is -0.153. The molecule has 1 unspecified atom stereocenters. The number of imide groups is 1. The molecular weight excluding hydrogens is 515 g/mol. The number of hydrogen-bond acceptors (Lipinski definition) is 6. The predicted molar refractivity (Wildman–Crippen MR) is 127 cm³/mol. The van der Waals surface area contributed by atoms with Gasteiger partial charge in [-0.2, -0.15) is 13.2 Å². The molecule has 8 nitrogen and oxygen atoms in total. The summed E-state index contributed by atoms with van der Waals surface area (Å²) >= 11 is 0. The van der Waals surface area contributed by atoms with E-state index in [0.29, 0.717) is 25.3 Å². The highest BCUT2D eigenvalue weighted by molar-refractivity contribution is 5.92. The Morgan fingerprint density at radius 2 is 1.79 bits per heavy atom. The van der Waals surface area contributed by atoms with Gasteiger partial charge < -0.3 is 25.0 Å². The third-order valence-electron chi connectivity index (χ3n) is 6.35. The van der Waals surface area contributed by atoms with Gasteiger partial charge in [-0.1, -0.05) is 18.2 Å². The normalized spacial score (nSPS) is 18.4. The lowest BCUT2D eigenvalue weighted by Gasteiger charge is -2.35. The number of alkyl halides is 3. The third kappa shape index (κ3) is 6.82. The molecule has 2 aromatic carbocycles. The summed E-state index contributed by atoms with van der Waals surface area (Å²) < 4.78 is 74.5. The molecule has 2 fully saturated rings. The number of urea groups is 1. The number of hydrogen-bond donors (Lipinski definition) is 2. The summed E-state index contributed by atoms with van der Waals surface area (Å²) in [6.45, 7) is 0.280. The van der Waals surface area contributed by atoms with Crippen LogP contribution in [0.15, 0.2) is 42.5 Å². The maximum atomic E-state index is 13.6. The van der Waals surface area contributed by atoms with Gasteiger partial charge >= 0.3 is 18.3 Å². The van der Waals surface area contributed by atoms with E-state index < -0.39 is 42.6 Å². The Kier molecular flexibility index (Phi) is 8.55. The van der Waals surface area contributed by atoms with Crippen molar-refractivity contribution in [3.8, 4) is 5.75 Å². The van der Waals surface area contributed by atoms with E-state index in [2.05, 4.69) is 10.6 Å². The molecule has 2 aliphatic heterocycles. The summed E-state index contributed by atoms with van der Waals surface area (Å²) in [6.07, 6.45) is -3.86. The van der Waals surface area contributed by atoms with Crippen LogP contribution in [-0.4, -0.2) is 68.6 Å². The lowest BCUT2D eigenvalue weighted by atomic mass is 10.0. The van der Waals surface area contributed by atoms with E-state index in [1.807, 2.05) is 4.90 Å². The number of nitrogens with one attached hydrogen (secondary N) is 2. The first-order valence-corrected chi connectivity index (χ1v) is 12.1. The molecule has 1 atom stereocenters. The van der Waals surface area contributed by atoms with Crippen LogP contribution < -0.4 is 20.3 Å². The molecule has 3 amide bonds. The molecular formula is C25H27F5N4O4. The van der Waals surface area contributed by atoms with Gasteiger partial charge in [0.15, 0.2) is 18.2 Å². The average Bonchev–Trinajstić information content (AvgIpc) is 3.28. The lowest BCUT2D eigenvalue weighted by Crippen LogP contribution is -2.47. The monoisotopic (exact) mass is 542 g/mol. The number of benzene rings is 2. The molecule has 2 aromatic rings. The van der Waals surface area contributed by atoms with E-state index in [9.17, 15) is 31.5 Å². The van der Waals surface area contributed by atoms with E-state index >= 15 is 0 Å². The summed E-state index contributed by atoms with van der Waals surface area (Å²) in [5.41, 5.74) is 0.843. The molecule has 0 spiro atoms. The van der Waals surface area contributed by atoms with Crippen molar-refractivity contribution in [1.82, 2.24) is 15.5 Å². The zero-order valence-electron chi connectivity index (χ0n) is 20.3. The zero-order chi connectivity index (χ0) is 27.3. The fourth-order valence-corrected chi connectivity index (χ4v) is 4.47. The second kappa shape index (κ2) is 11.8. The van der Waals surface area contributed by atoms with Crippen molar-refractivity contribution in [3.05, 3.63) is 59.7 Å². The largest absolute Gasteiger partial charge is 0.482 e. The minimum atomic E-state index is -4.42. The van der Waals surface area contributed by atoms with E-state index in [1.165, 1.54) is 12.1 Å². The van der Waals surface area contributed by atoms with Gasteiger partial charge in [-0.25, -0.2) is 23.3 Å². The maximum Gasteiger partial charge on any atom is 0.422 e. The van der Waals surface area contributed by atoms with Crippen molar-refractivity contribution < 1.29 is 41.0 Å². The average molecular weight is 543 g/mol. The molecule has 0 aromatic heterocycles. The van der Waals surface area contributed by atoms with Crippen molar-refractivity contribution in [2.75, 3.05) is 44.3 Å². The minimum Gasteiger partial charge on any atom is -0.482 e. The highest BCUT2D eigenvalue weighted by atomic mass is 19.4. The molecule has 38 heavy (non-hydrogen) atoms. The standard InChI is InChI=1S/C25H27F5N4O4/c26-18-6-5-16(13-19(18)27)21-14-37-24(36)34(21)23(35)32-10-9-31-17-7-11-33(12-8-17)20-3-1-2-4-22(20)38-15-25(28,29)30/h1-6,13,17,21,31H,7-12,14-15H2,(H,32,35). The quantitative estimate of drug-likeness (QED) is 0.381. The van der Waals surface area contributed by atoms with Crippen LogP contribution in [0.5, 0.6) is 5.75 Å². The number of nitrogens with zero attached hydrogens (tertiary/aromatic N) is 2. The van der Waals surface area contributed by atoms with Crippen molar-refractivity contribution in [1.29, 1.82) is 0 Å². The smallest absolute Gasteiger partial charge is 0.422 e. The van der Waals surface area contributed by atoms with Crippen LogP contribution in [-0.2, 0) is 4.74 Å². The van der Waals surface area contributed by atoms with Crippen LogP contribution in [0.1, 0.15) is 24.4 Å². The van der Waals surface area contributed by atoms with E-state index in [1.54, 1.807) is 18.2 Å². The van der Waals surface area contributed by atoms with Crippen molar-refractivity contribution >= 4 is 17.8 Å². The Balaban J connectivity index is 1.22. The first-order valence-electron chi connectivity index (χ1n) is 12.1. The van der Waals surface area contributed by atoms with Crippen LogP contribution in [0.2, 0.25) is 0 Å². The van der Waals surface area contributed by atoms with Crippen LogP contribution in [0.3, 0.4) is 0 Å². The minimum absolute atomic E-state index is 0.123. The highest BCUT2D eigenvalue weighted by Gasteiger charge is 2.39. The van der Waals surface area contributed by atoms with Gasteiger partial charge in [0.25, 0.3) is 0 Å². The van der Waals surface area contributed by atoms with Crippen molar-refractivity contribution in [2.45, 2.75) is 31.1 Å². The van der Waals surface area contributed by atoms with Gasteiger partial charge in [-0.15, -0.1) is 0 Å². The van der Waals surface area contributed by atoms with Crippen LogP contribution >= 0.6 is 0 Å². The fourth-order valence-electron chi connectivity index (χ4n) is 4.47. The SMILES string of the molecule is O=C(NCCNC1CCN(c2ccccc2OCC(F)(F)F)CC1)N1C(=O)OCC1c1ccc(F)c(F)c1. The fraction of sp³-hybridized carbons (Fsp3) is 0.440. The summed E-state index contributed by atoms with van der Waals surface area (Å²) in [4.78, 5) is 27.5. The first kappa shape index (κ1) is 27.4. The van der Waals surface area contributed by atoms with Gasteiger partial charge in [0.2, 0.25) is 0 Å². The second-order valence-electron chi connectivity index (χ2n) is 8.96. The van der Waals surface area contributed by atoms with Crippen LogP contribution in [0, 0.1) is 11.6 Å². The Morgan fingerprint density at radius 3 is 2.50 bits per heavy atom. The van der Waals surface area contributed by atoms with Crippen LogP contribution in [0.4, 0.5) is 37.2 Å². The molecule has 4 rings (SSSR count). The maximum absolute atomic E-state index is 13.6.